The lowest BCUT2D eigenvalue weighted by Gasteiger charge is -2.30. The Morgan fingerprint density at radius 3 is 1.91 bits per heavy atom. The minimum atomic E-state index is -4.58. The highest BCUT2D eigenvalue weighted by atomic mass is 32.2. The van der Waals surface area contributed by atoms with Crippen molar-refractivity contribution in [1.82, 2.24) is 4.98 Å². The number of carboxylic acid groups (broad SMARTS) is 1. The van der Waals surface area contributed by atoms with Crippen molar-refractivity contribution < 1.29 is 78.6 Å². The fourth-order valence-corrected chi connectivity index (χ4v) is 9.83. The van der Waals surface area contributed by atoms with E-state index in [0.717, 1.165) is 29.8 Å². The Bertz CT molecular complexity index is 3000. The van der Waals surface area contributed by atoms with Gasteiger partial charge in [0.2, 0.25) is 5.69 Å². The smallest absolute Gasteiger partial charge is 0.425 e. The van der Waals surface area contributed by atoms with Crippen LogP contribution in [0.15, 0.2) is 95.6 Å². The van der Waals surface area contributed by atoms with Crippen LogP contribution in [0.4, 0.5) is 11.4 Å². The molecule has 366 valence electrons. The van der Waals surface area contributed by atoms with Crippen molar-refractivity contribution >= 4 is 80.2 Å². The maximum Gasteiger partial charge on any atom is 0.425 e. The van der Waals surface area contributed by atoms with Gasteiger partial charge in [0.25, 0.3) is 30.4 Å². The molecule has 1 aromatic heterocycles. The predicted molar refractivity (Wildman–Crippen MR) is 247 cm³/mol. The lowest BCUT2D eigenvalue weighted by molar-refractivity contribution is -0.438. The standard InChI is InChI=1S/C42H51N3O11S3.2O3S/c1-5-7-25-44-36-16-9-8-13-32(36)42(4,24-11-27-57(48,49)50)39(44)22-18-30(34-14-10-15-35(43-34)40(46)47)17-21-38-41(3,23-6-2)33-29-31(59(54,55)56)19-20-37(33)45(38)26-12-28-58(51,52)53;2*1-4(2)3/h8-10,13-22,29H,5-7,11-12,23-28H2,1-4H3,(H3-,46,47,48,49,50,51,52,53,54,55,56);;/p+1. The molecule has 2 aromatic carbocycles. The highest BCUT2D eigenvalue weighted by Crippen LogP contribution is 2.51. The number of benzene rings is 2. The first-order valence-corrected chi connectivity index (χ1v) is 27.1. The Labute approximate surface area is 392 Å². The third-order valence-electron chi connectivity index (χ3n) is 11.1. The number of nitrogens with zero attached hydrogens (tertiary/aromatic N) is 3. The van der Waals surface area contributed by atoms with Gasteiger partial charge in [-0.25, -0.2) is 9.78 Å². The first-order valence-electron chi connectivity index (χ1n) is 20.5. The summed E-state index contributed by atoms with van der Waals surface area (Å²) in [5.41, 5.74) is 3.76. The van der Waals surface area contributed by atoms with Gasteiger partial charge in [-0.05, 0) is 87.6 Å². The second-order valence-electron chi connectivity index (χ2n) is 15.8. The van der Waals surface area contributed by atoms with Crippen LogP contribution in [0.25, 0.3) is 5.57 Å². The Morgan fingerprint density at radius 1 is 0.746 bits per heavy atom. The lowest BCUT2D eigenvalue weighted by atomic mass is 9.75. The van der Waals surface area contributed by atoms with Crippen molar-refractivity contribution in [3.05, 3.63) is 113 Å². The van der Waals surface area contributed by atoms with Crippen LogP contribution >= 0.6 is 0 Å². The number of unbranched alkanes of at least 4 members (excludes halogenated alkanes) is 1. The van der Waals surface area contributed by atoms with Crippen LogP contribution in [-0.4, -0.2) is 115 Å². The molecule has 0 amide bonds. The fourth-order valence-electron chi connectivity index (χ4n) is 8.32. The van der Waals surface area contributed by atoms with E-state index in [1.807, 2.05) is 68.2 Å². The van der Waals surface area contributed by atoms with Crippen LogP contribution in [0.2, 0.25) is 0 Å². The summed E-state index contributed by atoms with van der Waals surface area (Å²) in [4.78, 5) is 18.1. The van der Waals surface area contributed by atoms with E-state index in [9.17, 15) is 48.8 Å². The van der Waals surface area contributed by atoms with E-state index >= 15 is 0 Å². The Morgan fingerprint density at radius 2 is 1.34 bits per heavy atom. The van der Waals surface area contributed by atoms with Gasteiger partial charge in [0.15, 0.2) is 5.71 Å². The van der Waals surface area contributed by atoms with Crippen molar-refractivity contribution in [2.75, 3.05) is 29.5 Å². The lowest BCUT2D eigenvalue weighted by Crippen LogP contribution is -2.32. The SMILES string of the molecule is CCCC[N+]1=C(/C=C/C(=C/C=C2/N(CCCS(=O)(=O)O)c3ccc(S(=O)(=O)O)cc3C2(C)CCC)c2cccc(C(=O)O)n2)C(C)(CCCS(=O)(=O)O)c2ccccc21.O=S(=O)=O.O=S(=O)=O. The summed E-state index contributed by atoms with van der Waals surface area (Å²) in [6.45, 7) is 8.80. The first-order chi connectivity index (χ1) is 31.1. The van der Waals surface area contributed by atoms with Crippen LogP contribution in [0.5, 0.6) is 0 Å². The molecule has 67 heavy (non-hydrogen) atoms. The molecule has 2 unspecified atom stereocenters. The Hall–Kier alpha value is -5.28. The number of carboxylic acids is 1. The molecule has 0 saturated carbocycles. The van der Waals surface area contributed by atoms with Crippen molar-refractivity contribution in [3.8, 4) is 0 Å². The number of carbonyl (C=O) groups is 1. The van der Waals surface area contributed by atoms with E-state index in [0.29, 0.717) is 54.0 Å². The van der Waals surface area contributed by atoms with E-state index < -0.39 is 79.9 Å². The summed E-state index contributed by atoms with van der Waals surface area (Å²) in [6, 6.07) is 16.8. The number of para-hydroxylation sites is 1. The number of allylic oxidation sites excluding steroid dienone is 6. The molecule has 25 heteroatoms. The number of aromatic nitrogens is 1. The summed E-state index contributed by atoms with van der Waals surface area (Å²) in [5, 5.41) is 9.89. The number of aromatic carboxylic acids is 1. The van der Waals surface area contributed by atoms with Crippen molar-refractivity contribution in [3.63, 3.8) is 0 Å². The van der Waals surface area contributed by atoms with E-state index in [2.05, 4.69) is 16.5 Å². The number of anilines is 1. The molecule has 3 heterocycles. The summed E-state index contributed by atoms with van der Waals surface area (Å²) in [6.07, 6.45) is 10.9. The highest BCUT2D eigenvalue weighted by Gasteiger charge is 2.47. The second-order valence-corrected chi connectivity index (χ2v) is 21.2. The number of pyridine rings is 1. The molecule has 3 aromatic rings. The number of hydrogen-bond acceptors (Lipinski definition) is 15. The Balaban J connectivity index is 0.00000137. The van der Waals surface area contributed by atoms with Crippen LogP contribution in [0, 0.1) is 0 Å². The van der Waals surface area contributed by atoms with Crippen molar-refractivity contribution in [2.24, 2.45) is 0 Å². The van der Waals surface area contributed by atoms with Crippen molar-refractivity contribution in [1.29, 1.82) is 0 Å². The van der Waals surface area contributed by atoms with E-state index in [1.165, 1.54) is 18.2 Å². The zero-order chi connectivity index (χ0) is 50.5. The molecule has 0 saturated heterocycles. The molecule has 4 N–H and O–H groups in total. The zero-order valence-corrected chi connectivity index (χ0v) is 40.9. The third kappa shape index (κ3) is 15.6. The van der Waals surface area contributed by atoms with Gasteiger partial charge in [0.1, 0.15) is 12.2 Å². The first kappa shape index (κ1) is 56.0. The quantitative estimate of drug-likeness (QED) is 0.0679. The van der Waals surface area contributed by atoms with Gasteiger partial charge in [-0.2, -0.15) is 29.8 Å². The van der Waals surface area contributed by atoms with Crippen molar-refractivity contribution in [2.45, 2.75) is 88.4 Å². The molecule has 0 spiro atoms. The minimum absolute atomic E-state index is 0.0270. The summed E-state index contributed by atoms with van der Waals surface area (Å²) < 4.78 is 154. The van der Waals surface area contributed by atoms with Crippen LogP contribution in [0.3, 0.4) is 0 Å². The summed E-state index contributed by atoms with van der Waals surface area (Å²) >= 11 is 0. The maximum atomic E-state index is 12.3. The van der Waals surface area contributed by atoms with E-state index in [4.69, 9.17) is 25.3 Å². The number of fused-ring (bicyclic) bond motifs is 2. The molecule has 2 atom stereocenters. The zero-order valence-electron chi connectivity index (χ0n) is 36.8. The molecule has 20 nitrogen and oxygen atoms in total. The van der Waals surface area contributed by atoms with Crippen LogP contribution < -0.4 is 4.90 Å². The maximum absolute atomic E-state index is 12.3. The highest BCUT2D eigenvalue weighted by molar-refractivity contribution is 7.86. The topological polar surface area (TPSA) is 322 Å². The molecule has 0 aliphatic carbocycles. The molecule has 2 aliphatic rings. The number of hydrogen-bond donors (Lipinski definition) is 4. The minimum Gasteiger partial charge on any atom is -0.477 e. The van der Waals surface area contributed by atoms with Gasteiger partial charge >= 0.3 is 27.2 Å². The van der Waals surface area contributed by atoms with E-state index in [-0.39, 0.29) is 30.0 Å². The largest absolute Gasteiger partial charge is 0.477 e. The average Bonchev–Trinajstić information content (AvgIpc) is 3.58. The van der Waals surface area contributed by atoms with Crippen LogP contribution in [-0.2, 0) is 62.4 Å². The molecule has 2 aliphatic heterocycles. The molecular formula is C42H52N3O17S5+. The van der Waals surface area contributed by atoms with Gasteiger partial charge in [0, 0.05) is 53.0 Å². The van der Waals surface area contributed by atoms with Crippen LogP contribution in [0.1, 0.15) is 99.9 Å². The molecule has 0 fully saturated rings. The van der Waals surface area contributed by atoms with Gasteiger partial charge < -0.3 is 10.0 Å². The third-order valence-corrected chi connectivity index (χ3v) is 13.6. The normalized spacial score (nSPS) is 18.8. The van der Waals surface area contributed by atoms with Gasteiger partial charge in [-0.15, -0.1) is 25.3 Å². The average molecular weight is 1030 g/mol. The summed E-state index contributed by atoms with van der Waals surface area (Å²) in [5.74, 6) is -2.16. The second kappa shape index (κ2) is 23.6. The number of rotatable bonds is 19. The Kier molecular flexibility index (Phi) is 19.8. The van der Waals surface area contributed by atoms with E-state index in [1.54, 1.807) is 24.3 Å². The molecule has 5 rings (SSSR count). The fraction of sp³-hybridized carbons (Fsp3) is 0.405. The van der Waals surface area contributed by atoms with Gasteiger partial charge in [-0.3, -0.25) is 13.7 Å². The van der Waals surface area contributed by atoms with Gasteiger partial charge in [-0.1, -0.05) is 57.0 Å². The molecule has 0 bridgehead atoms. The monoisotopic (exact) mass is 1030 g/mol. The predicted octanol–water partition coefficient (Wildman–Crippen LogP) is 5.22. The van der Waals surface area contributed by atoms with Gasteiger partial charge in [0.05, 0.1) is 27.5 Å². The molecule has 0 radical (unpaired) electrons. The summed E-state index contributed by atoms with van der Waals surface area (Å²) in [7, 11) is -19.3. The molecular weight excluding hydrogens is 979 g/mol.